The maximum absolute atomic E-state index is 13.1. The SMILES string of the molecule is CCCC[C@H](NC(=O)O[C@H](c1cccc(-c2ccccc2)c1)C(C)(C)C)[C@@H](O)C(=O)Nc1ccn[nH]1. The Morgan fingerprint density at radius 3 is 2.42 bits per heavy atom. The van der Waals surface area contributed by atoms with Crippen LogP contribution in [0.3, 0.4) is 0 Å². The van der Waals surface area contributed by atoms with Gasteiger partial charge in [0.05, 0.1) is 12.2 Å². The predicted octanol–water partition coefficient (Wildman–Crippen LogP) is 5.45. The maximum atomic E-state index is 13.1. The highest BCUT2D eigenvalue weighted by atomic mass is 16.6. The minimum Gasteiger partial charge on any atom is -0.441 e. The van der Waals surface area contributed by atoms with Gasteiger partial charge in [0.1, 0.15) is 11.9 Å². The van der Waals surface area contributed by atoms with Crippen LogP contribution in [0.15, 0.2) is 66.9 Å². The number of anilines is 1. The molecular formula is C28H36N4O4. The van der Waals surface area contributed by atoms with E-state index in [9.17, 15) is 14.7 Å². The minimum atomic E-state index is -1.46. The van der Waals surface area contributed by atoms with Crippen LogP contribution in [0, 0.1) is 5.41 Å². The zero-order valence-corrected chi connectivity index (χ0v) is 21.3. The molecule has 0 aliphatic heterocycles. The molecule has 1 aromatic heterocycles. The molecule has 0 aliphatic rings. The van der Waals surface area contributed by atoms with E-state index >= 15 is 0 Å². The smallest absolute Gasteiger partial charge is 0.408 e. The zero-order valence-electron chi connectivity index (χ0n) is 21.3. The summed E-state index contributed by atoms with van der Waals surface area (Å²) < 4.78 is 5.93. The number of carbonyl (C=O) groups excluding carboxylic acids is 2. The fourth-order valence-electron chi connectivity index (χ4n) is 4.00. The molecule has 4 N–H and O–H groups in total. The fourth-order valence-corrected chi connectivity index (χ4v) is 4.00. The molecule has 3 rings (SSSR count). The summed E-state index contributed by atoms with van der Waals surface area (Å²) >= 11 is 0. The number of unbranched alkanes of at least 4 members (excludes halogenated alkanes) is 1. The van der Waals surface area contributed by atoms with Crippen molar-refractivity contribution in [1.82, 2.24) is 15.5 Å². The number of H-pyrrole nitrogens is 1. The van der Waals surface area contributed by atoms with Crippen molar-refractivity contribution in [2.45, 2.75) is 65.2 Å². The summed E-state index contributed by atoms with van der Waals surface area (Å²) in [6.45, 7) is 8.01. The molecule has 0 bridgehead atoms. The van der Waals surface area contributed by atoms with Crippen molar-refractivity contribution >= 4 is 17.8 Å². The molecule has 0 unspecified atom stereocenters. The number of rotatable bonds is 10. The molecule has 0 saturated carbocycles. The first kappa shape index (κ1) is 26.9. The Morgan fingerprint density at radius 1 is 1.06 bits per heavy atom. The van der Waals surface area contributed by atoms with Gasteiger partial charge >= 0.3 is 6.09 Å². The number of aromatic amines is 1. The molecule has 192 valence electrons. The van der Waals surface area contributed by atoms with Crippen molar-refractivity contribution in [3.05, 3.63) is 72.4 Å². The molecule has 8 heteroatoms. The Morgan fingerprint density at radius 2 is 1.78 bits per heavy atom. The summed E-state index contributed by atoms with van der Waals surface area (Å²) in [7, 11) is 0. The average Bonchev–Trinajstić information content (AvgIpc) is 3.37. The Labute approximate surface area is 212 Å². The number of hydrogen-bond donors (Lipinski definition) is 4. The summed E-state index contributed by atoms with van der Waals surface area (Å²) in [6, 6.07) is 18.7. The zero-order chi connectivity index (χ0) is 26.1. The first-order valence-corrected chi connectivity index (χ1v) is 12.3. The van der Waals surface area contributed by atoms with Gasteiger partial charge in [-0.2, -0.15) is 5.10 Å². The Balaban J connectivity index is 1.75. The third-order valence-electron chi connectivity index (χ3n) is 5.89. The van der Waals surface area contributed by atoms with E-state index in [0.717, 1.165) is 29.5 Å². The van der Waals surface area contributed by atoms with Gasteiger partial charge in [0, 0.05) is 11.5 Å². The van der Waals surface area contributed by atoms with Crippen LogP contribution in [-0.2, 0) is 9.53 Å². The van der Waals surface area contributed by atoms with Crippen LogP contribution < -0.4 is 10.6 Å². The van der Waals surface area contributed by atoms with E-state index in [1.165, 1.54) is 6.20 Å². The summed E-state index contributed by atoms with van der Waals surface area (Å²) in [6.07, 6.45) is 0.791. The normalized spacial score (nSPS) is 13.9. The van der Waals surface area contributed by atoms with Gasteiger partial charge in [-0.15, -0.1) is 0 Å². The first-order valence-electron chi connectivity index (χ1n) is 12.3. The highest BCUT2D eigenvalue weighted by Gasteiger charge is 2.33. The van der Waals surface area contributed by atoms with Gasteiger partial charge in [-0.05, 0) is 29.2 Å². The standard InChI is InChI=1S/C28H36N4O4/c1-5-6-15-22(24(33)26(34)31-23-16-17-29-32-23)30-27(35)36-25(28(2,3)4)21-14-10-13-20(18-21)19-11-8-7-9-12-19/h7-14,16-18,22,24-25,33H,5-6,15H2,1-4H3,(H,30,35)(H2,29,31,32,34)/t22-,24+,25+/m0/s1. The number of carbonyl (C=O) groups is 2. The largest absolute Gasteiger partial charge is 0.441 e. The highest BCUT2D eigenvalue weighted by Crippen LogP contribution is 2.37. The number of aliphatic hydroxyl groups excluding tert-OH is 1. The Kier molecular flexibility index (Phi) is 9.25. The monoisotopic (exact) mass is 492 g/mol. The van der Waals surface area contributed by atoms with E-state index < -0.39 is 35.7 Å². The number of ether oxygens (including phenoxy) is 1. The Bertz CT molecular complexity index is 1110. The highest BCUT2D eigenvalue weighted by molar-refractivity contribution is 5.94. The molecule has 1 heterocycles. The summed E-state index contributed by atoms with van der Waals surface area (Å²) in [5.74, 6) is -0.273. The van der Waals surface area contributed by atoms with Crippen molar-refractivity contribution in [2.24, 2.45) is 5.41 Å². The van der Waals surface area contributed by atoms with E-state index in [0.29, 0.717) is 12.2 Å². The van der Waals surface area contributed by atoms with Crippen molar-refractivity contribution in [1.29, 1.82) is 0 Å². The number of aromatic nitrogens is 2. The van der Waals surface area contributed by atoms with Gasteiger partial charge in [0.15, 0.2) is 6.10 Å². The molecule has 0 fully saturated rings. The molecule has 0 spiro atoms. The molecule has 0 radical (unpaired) electrons. The minimum absolute atomic E-state index is 0.363. The molecule has 8 nitrogen and oxygen atoms in total. The molecule has 36 heavy (non-hydrogen) atoms. The second-order valence-electron chi connectivity index (χ2n) is 9.94. The van der Waals surface area contributed by atoms with Gasteiger partial charge < -0.3 is 20.5 Å². The second kappa shape index (κ2) is 12.4. The second-order valence-corrected chi connectivity index (χ2v) is 9.94. The number of nitrogens with zero attached hydrogens (tertiary/aromatic N) is 1. The molecule has 0 saturated heterocycles. The van der Waals surface area contributed by atoms with Crippen LogP contribution in [-0.4, -0.2) is 39.5 Å². The van der Waals surface area contributed by atoms with Crippen LogP contribution in [0.5, 0.6) is 0 Å². The van der Waals surface area contributed by atoms with Gasteiger partial charge in [0.25, 0.3) is 5.91 Å². The molecule has 3 aromatic rings. The topological polar surface area (TPSA) is 116 Å². The van der Waals surface area contributed by atoms with Crippen molar-refractivity contribution < 1.29 is 19.4 Å². The van der Waals surface area contributed by atoms with Crippen LogP contribution in [0.2, 0.25) is 0 Å². The van der Waals surface area contributed by atoms with Crippen LogP contribution in [0.1, 0.15) is 58.6 Å². The van der Waals surface area contributed by atoms with Gasteiger partial charge in [0.2, 0.25) is 0 Å². The maximum Gasteiger partial charge on any atom is 0.408 e. The lowest BCUT2D eigenvalue weighted by Crippen LogP contribution is -2.49. The third kappa shape index (κ3) is 7.42. The van der Waals surface area contributed by atoms with Gasteiger partial charge in [-0.25, -0.2) is 4.79 Å². The third-order valence-corrected chi connectivity index (χ3v) is 5.89. The van der Waals surface area contributed by atoms with E-state index in [1.807, 2.05) is 82.3 Å². The number of amides is 2. The molecule has 2 amide bonds. The Hall–Kier alpha value is -3.65. The number of hydrogen-bond acceptors (Lipinski definition) is 5. The van der Waals surface area contributed by atoms with Crippen LogP contribution in [0.25, 0.3) is 11.1 Å². The number of benzene rings is 2. The van der Waals surface area contributed by atoms with Crippen LogP contribution in [0.4, 0.5) is 10.6 Å². The molecular weight excluding hydrogens is 456 g/mol. The lowest BCUT2D eigenvalue weighted by Gasteiger charge is -2.32. The van der Waals surface area contributed by atoms with Crippen molar-refractivity contribution in [3.63, 3.8) is 0 Å². The van der Waals surface area contributed by atoms with E-state index in [4.69, 9.17) is 4.74 Å². The lowest BCUT2D eigenvalue weighted by molar-refractivity contribution is -0.125. The molecule has 2 aromatic carbocycles. The summed E-state index contributed by atoms with van der Waals surface area (Å²) in [5.41, 5.74) is 2.56. The number of nitrogens with one attached hydrogen (secondary N) is 3. The van der Waals surface area contributed by atoms with E-state index in [-0.39, 0.29) is 0 Å². The number of alkyl carbamates (subject to hydrolysis) is 1. The average molecular weight is 493 g/mol. The molecule has 0 aliphatic carbocycles. The fraction of sp³-hybridized carbons (Fsp3) is 0.393. The van der Waals surface area contributed by atoms with E-state index in [1.54, 1.807) is 6.07 Å². The van der Waals surface area contributed by atoms with E-state index in [2.05, 4.69) is 20.8 Å². The first-order chi connectivity index (χ1) is 17.2. The van der Waals surface area contributed by atoms with Crippen molar-refractivity contribution in [3.8, 4) is 11.1 Å². The van der Waals surface area contributed by atoms with Crippen molar-refractivity contribution in [2.75, 3.05) is 5.32 Å². The predicted molar refractivity (Wildman–Crippen MR) is 140 cm³/mol. The quantitative estimate of drug-likeness (QED) is 0.300. The van der Waals surface area contributed by atoms with Gasteiger partial charge in [-0.1, -0.05) is 89.1 Å². The lowest BCUT2D eigenvalue weighted by atomic mass is 9.84. The van der Waals surface area contributed by atoms with Gasteiger partial charge in [-0.3, -0.25) is 9.89 Å². The summed E-state index contributed by atoms with van der Waals surface area (Å²) in [4.78, 5) is 25.6. The number of aliphatic hydroxyl groups is 1. The molecule has 3 atom stereocenters. The summed E-state index contributed by atoms with van der Waals surface area (Å²) in [5, 5.41) is 22.4. The van der Waals surface area contributed by atoms with Crippen LogP contribution >= 0.6 is 0 Å².